The molecule has 27 heavy (non-hydrogen) atoms. The summed E-state index contributed by atoms with van der Waals surface area (Å²) in [5, 5.41) is 6.03. The van der Waals surface area contributed by atoms with Crippen molar-refractivity contribution in [3.63, 3.8) is 0 Å². The molecule has 1 atom stereocenters. The quantitative estimate of drug-likeness (QED) is 0.678. The van der Waals surface area contributed by atoms with Gasteiger partial charge in [-0.2, -0.15) is 0 Å². The summed E-state index contributed by atoms with van der Waals surface area (Å²) in [4.78, 5) is 25.3. The highest BCUT2D eigenvalue weighted by Gasteiger charge is 2.17. The van der Waals surface area contributed by atoms with Crippen LogP contribution >= 0.6 is 11.6 Å². The molecule has 0 fully saturated rings. The predicted molar refractivity (Wildman–Crippen MR) is 106 cm³/mol. The lowest BCUT2D eigenvalue weighted by Crippen LogP contribution is -3.13. The second-order valence-electron chi connectivity index (χ2n) is 6.48. The average Bonchev–Trinajstić information content (AvgIpc) is 2.60. The van der Waals surface area contributed by atoms with Crippen LogP contribution in [0.2, 0.25) is 5.02 Å². The van der Waals surface area contributed by atoms with E-state index < -0.39 is 0 Å². The highest BCUT2D eigenvalue weighted by atomic mass is 35.5. The Labute approximate surface area is 163 Å². The molecule has 0 aliphatic carbocycles. The van der Waals surface area contributed by atoms with E-state index in [2.05, 4.69) is 10.6 Å². The topological polar surface area (TPSA) is 62.6 Å². The molecule has 5 nitrogen and oxygen atoms in total. The zero-order chi connectivity index (χ0) is 20.0. The van der Waals surface area contributed by atoms with E-state index in [0.29, 0.717) is 28.5 Å². The highest BCUT2D eigenvalue weighted by molar-refractivity contribution is 6.31. The van der Waals surface area contributed by atoms with E-state index in [9.17, 15) is 14.0 Å². The summed E-state index contributed by atoms with van der Waals surface area (Å²) in [6, 6.07) is 9.82. The predicted octanol–water partition coefficient (Wildman–Crippen LogP) is 2.58. The number of benzene rings is 2. The summed E-state index contributed by atoms with van der Waals surface area (Å²) in [6.07, 6.45) is 0. The number of halogens is 2. The van der Waals surface area contributed by atoms with Crippen molar-refractivity contribution in [2.45, 2.75) is 20.8 Å². The van der Waals surface area contributed by atoms with Gasteiger partial charge in [-0.15, -0.1) is 0 Å². The Morgan fingerprint density at radius 1 is 1.00 bits per heavy atom. The maximum Gasteiger partial charge on any atom is 0.279 e. The van der Waals surface area contributed by atoms with Crippen molar-refractivity contribution in [2.24, 2.45) is 0 Å². The van der Waals surface area contributed by atoms with Crippen molar-refractivity contribution in [3.8, 4) is 0 Å². The minimum Gasteiger partial charge on any atom is -0.321 e. The minimum atomic E-state index is -0.372. The fraction of sp³-hybridized carbons (Fsp3) is 0.300. The van der Waals surface area contributed by atoms with Crippen LogP contribution < -0.4 is 15.5 Å². The van der Waals surface area contributed by atoms with Crippen molar-refractivity contribution >= 4 is 34.8 Å². The van der Waals surface area contributed by atoms with Crippen LogP contribution in [0.25, 0.3) is 0 Å². The van der Waals surface area contributed by atoms with Gasteiger partial charge in [0.25, 0.3) is 11.8 Å². The monoisotopic (exact) mass is 392 g/mol. The maximum atomic E-state index is 13.6. The maximum absolute atomic E-state index is 13.6. The number of aryl methyl sites for hydroxylation is 2. The third-order valence-corrected chi connectivity index (χ3v) is 4.49. The molecule has 0 bridgehead atoms. The molecule has 2 aromatic carbocycles. The number of hydrogen-bond donors (Lipinski definition) is 3. The molecule has 0 aliphatic rings. The van der Waals surface area contributed by atoms with E-state index in [1.165, 1.54) is 6.07 Å². The van der Waals surface area contributed by atoms with Crippen LogP contribution in [0, 0.1) is 19.7 Å². The molecular formula is C20H24ClFN3O2+. The molecule has 0 spiro atoms. The number of amides is 2. The molecule has 2 aromatic rings. The lowest BCUT2D eigenvalue weighted by Gasteiger charge is -2.17. The molecule has 0 heterocycles. The Morgan fingerprint density at radius 3 is 2.26 bits per heavy atom. The van der Waals surface area contributed by atoms with Crippen molar-refractivity contribution in [2.75, 3.05) is 30.3 Å². The first-order valence-electron chi connectivity index (χ1n) is 8.74. The van der Waals surface area contributed by atoms with E-state index in [4.69, 9.17) is 11.6 Å². The Balaban J connectivity index is 1.91. The normalized spacial score (nSPS) is 11.7. The minimum absolute atomic E-state index is 0.105. The molecule has 3 N–H and O–H groups in total. The highest BCUT2D eigenvalue weighted by Crippen LogP contribution is 2.19. The number of carbonyl (C=O) groups is 2. The van der Waals surface area contributed by atoms with E-state index in [1.54, 1.807) is 31.2 Å². The van der Waals surface area contributed by atoms with Gasteiger partial charge in [0, 0.05) is 16.4 Å². The van der Waals surface area contributed by atoms with Crippen LogP contribution in [0.3, 0.4) is 0 Å². The van der Waals surface area contributed by atoms with Crippen molar-refractivity contribution in [3.05, 3.63) is 58.4 Å². The Hall–Kier alpha value is -2.44. The van der Waals surface area contributed by atoms with Gasteiger partial charge >= 0.3 is 0 Å². The number of hydrogen-bond acceptors (Lipinski definition) is 2. The molecule has 2 amide bonds. The standard InChI is InChI=1S/C20H23ClFN3O2/c1-4-25(11-19(26)23-16-8-6-13(2)17(22)10-16)12-20(27)24-18-9-15(21)7-5-14(18)3/h5-10H,4,11-12H2,1-3H3,(H,23,26)(H,24,27)/p+1. The third kappa shape index (κ3) is 6.34. The molecule has 1 unspecified atom stereocenters. The van der Waals surface area contributed by atoms with Crippen molar-refractivity contribution < 1.29 is 18.9 Å². The van der Waals surface area contributed by atoms with Crippen molar-refractivity contribution in [1.29, 1.82) is 0 Å². The van der Waals surface area contributed by atoms with E-state index in [-0.39, 0.29) is 30.7 Å². The molecule has 0 saturated heterocycles. The summed E-state index contributed by atoms with van der Waals surface area (Å²) in [7, 11) is 0. The molecule has 144 valence electrons. The summed E-state index contributed by atoms with van der Waals surface area (Å²) >= 11 is 5.96. The number of carbonyl (C=O) groups excluding carboxylic acids is 2. The van der Waals surface area contributed by atoms with Gasteiger partial charge in [0.15, 0.2) is 13.1 Å². The van der Waals surface area contributed by atoms with Gasteiger partial charge in [0.2, 0.25) is 0 Å². The smallest absolute Gasteiger partial charge is 0.279 e. The Morgan fingerprint density at radius 2 is 1.63 bits per heavy atom. The van der Waals surface area contributed by atoms with Gasteiger partial charge in [-0.1, -0.05) is 23.7 Å². The molecule has 0 saturated carbocycles. The van der Waals surface area contributed by atoms with E-state index in [1.807, 2.05) is 19.9 Å². The fourth-order valence-corrected chi connectivity index (χ4v) is 2.74. The van der Waals surface area contributed by atoms with Crippen LogP contribution in [-0.2, 0) is 9.59 Å². The van der Waals surface area contributed by atoms with Gasteiger partial charge in [-0.3, -0.25) is 9.59 Å². The number of anilines is 2. The van der Waals surface area contributed by atoms with E-state index >= 15 is 0 Å². The molecule has 0 aliphatic heterocycles. The van der Waals surface area contributed by atoms with Crippen molar-refractivity contribution in [1.82, 2.24) is 0 Å². The van der Waals surface area contributed by atoms with Crippen LogP contribution in [0.1, 0.15) is 18.1 Å². The second-order valence-corrected chi connectivity index (χ2v) is 6.91. The molecule has 7 heteroatoms. The van der Waals surface area contributed by atoms with Gasteiger partial charge in [-0.25, -0.2) is 4.39 Å². The summed E-state index contributed by atoms with van der Waals surface area (Å²) in [6.45, 7) is 6.27. The molecule has 0 aromatic heterocycles. The SMILES string of the molecule is CC[NH+](CC(=O)Nc1ccc(C)c(F)c1)CC(=O)Nc1cc(Cl)ccc1C. The lowest BCUT2D eigenvalue weighted by atomic mass is 10.2. The van der Waals surface area contributed by atoms with Gasteiger partial charge in [0.05, 0.1) is 6.54 Å². The van der Waals surface area contributed by atoms with Crippen LogP contribution in [0.4, 0.5) is 15.8 Å². The first-order chi connectivity index (χ1) is 12.8. The zero-order valence-corrected chi connectivity index (χ0v) is 16.4. The first kappa shape index (κ1) is 20.9. The average molecular weight is 393 g/mol. The van der Waals surface area contributed by atoms with Gasteiger partial charge in [-0.05, 0) is 56.2 Å². The molecule has 0 radical (unpaired) electrons. The van der Waals surface area contributed by atoms with E-state index in [0.717, 1.165) is 10.5 Å². The molecular weight excluding hydrogens is 369 g/mol. The Kier molecular flexibility index (Phi) is 7.33. The number of quaternary nitrogens is 1. The summed E-state index contributed by atoms with van der Waals surface area (Å²) in [5.74, 6) is -0.850. The second kappa shape index (κ2) is 9.48. The number of nitrogens with one attached hydrogen (secondary N) is 3. The third-order valence-electron chi connectivity index (χ3n) is 4.25. The van der Waals surface area contributed by atoms with Crippen LogP contribution in [0.15, 0.2) is 36.4 Å². The summed E-state index contributed by atoms with van der Waals surface area (Å²) < 4.78 is 13.6. The van der Waals surface area contributed by atoms with Gasteiger partial charge in [0.1, 0.15) is 5.82 Å². The zero-order valence-electron chi connectivity index (χ0n) is 15.7. The number of rotatable bonds is 7. The molecule has 2 rings (SSSR count). The first-order valence-corrected chi connectivity index (χ1v) is 9.12. The van der Waals surface area contributed by atoms with Crippen LogP contribution in [0.5, 0.6) is 0 Å². The summed E-state index contributed by atoms with van der Waals surface area (Å²) in [5.41, 5.74) is 2.48. The largest absolute Gasteiger partial charge is 0.321 e. The lowest BCUT2D eigenvalue weighted by molar-refractivity contribution is -0.881. The van der Waals surface area contributed by atoms with Gasteiger partial charge < -0.3 is 15.5 Å². The Bertz CT molecular complexity index is 842. The van der Waals surface area contributed by atoms with Crippen LogP contribution in [-0.4, -0.2) is 31.4 Å². The fourth-order valence-electron chi connectivity index (χ4n) is 2.57. The number of likely N-dealkylation sites (N-methyl/N-ethyl adjacent to an activating group) is 1.